The van der Waals surface area contributed by atoms with E-state index in [0.717, 1.165) is 17.7 Å². The van der Waals surface area contributed by atoms with E-state index in [1.54, 1.807) is 17.3 Å². The Labute approximate surface area is 188 Å². The monoisotopic (exact) mass is 451 g/mol. The van der Waals surface area contributed by atoms with Gasteiger partial charge in [0, 0.05) is 31.5 Å². The summed E-state index contributed by atoms with van der Waals surface area (Å²) in [6.07, 6.45) is 3.90. The van der Waals surface area contributed by atoms with E-state index in [4.69, 9.17) is 0 Å². The number of carbonyl (C=O) groups excluding carboxylic acids is 2. The van der Waals surface area contributed by atoms with Gasteiger partial charge in [-0.25, -0.2) is 18.1 Å². The van der Waals surface area contributed by atoms with Gasteiger partial charge in [0.05, 0.1) is 11.3 Å². The molecule has 0 saturated heterocycles. The lowest BCUT2D eigenvalue weighted by Gasteiger charge is -2.25. The van der Waals surface area contributed by atoms with E-state index in [9.17, 15) is 22.8 Å². The fourth-order valence-electron chi connectivity index (χ4n) is 3.81. The number of aromatic nitrogens is 1. The Bertz CT molecular complexity index is 1230. The van der Waals surface area contributed by atoms with Crippen LogP contribution in [-0.2, 0) is 16.0 Å². The first-order chi connectivity index (χ1) is 15.9. The predicted molar refractivity (Wildman–Crippen MR) is 117 cm³/mol. The smallest absolute Gasteiger partial charge is 0.282 e. The molecule has 0 unspecified atom stereocenters. The van der Waals surface area contributed by atoms with Crippen LogP contribution in [0.3, 0.4) is 0 Å². The fraction of sp³-hybridized carbons (Fsp3) is 0.160. The van der Waals surface area contributed by atoms with Crippen LogP contribution in [0.1, 0.15) is 18.1 Å². The molecule has 8 heteroatoms. The maximum absolute atomic E-state index is 14.5. The molecule has 2 heterocycles. The number of hydrogen-bond donors (Lipinski definition) is 0. The molecule has 0 bridgehead atoms. The van der Waals surface area contributed by atoms with Crippen LogP contribution in [0.2, 0.25) is 0 Å². The molecular weight excluding hydrogens is 431 g/mol. The number of halogens is 3. The first-order valence-electron chi connectivity index (χ1n) is 10.4. The number of carbonyl (C=O) groups is 2. The fourth-order valence-corrected chi connectivity index (χ4v) is 3.81. The quantitative estimate of drug-likeness (QED) is 0.502. The zero-order chi connectivity index (χ0) is 23.5. The molecule has 4 rings (SSSR count). The average Bonchev–Trinajstić information content (AvgIpc) is 3.06. The number of pyridine rings is 1. The number of amides is 2. The van der Waals surface area contributed by atoms with E-state index in [0.29, 0.717) is 36.0 Å². The molecule has 33 heavy (non-hydrogen) atoms. The number of rotatable bonds is 7. The van der Waals surface area contributed by atoms with Crippen molar-refractivity contribution in [2.75, 3.05) is 18.0 Å². The standard InChI is InChI=1S/C25H20F3N3O2/c1-2-30(14-11-16-9-12-29-13-10-16)23-22(17-3-5-18(26)6-4-17)24(32)31(25(23)33)21-8-7-19(27)15-20(21)28/h3-10,12-13,15H,2,11,14H2,1H3. The van der Waals surface area contributed by atoms with Gasteiger partial charge < -0.3 is 4.90 Å². The summed E-state index contributed by atoms with van der Waals surface area (Å²) in [6, 6.07) is 11.5. The lowest BCUT2D eigenvalue weighted by molar-refractivity contribution is -0.120. The molecule has 168 valence electrons. The van der Waals surface area contributed by atoms with Gasteiger partial charge in [-0.15, -0.1) is 0 Å². The summed E-state index contributed by atoms with van der Waals surface area (Å²) < 4.78 is 41.5. The lowest BCUT2D eigenvalue weighted by atomic mass is 10.0. The third-order valence-corrected chi connectivity index (χ3v) is 5.46. The number of anilines is 1. The molecule has 0 N–H and O–H groups in total. The summed E-state index contributed by atoms with van der Waals surface area (Å²) in [5.41, 5.74) is 1.11. The minimum Gasteiger partial charge on any atom is -0.366 e. The van der Waals surface area contributed by atoms with Crippen molar-refractivity contribution in [1.29, 1.82) is 0 Å². The Morgan fingerprint density at radius 1 is 0.879 bits per heavy atom. The van der Waals surface area contributed by atoms with Crippen molar-refractivity contribution in [2.24, 2.45) is 0 Å². The molecule has 0 aliphatic carbocycles. The summed E-state index contributed by atoms with van der Waals surface area (Å²) in [5, 5.41) is 0. The number of nitrogens with zero attached hydrogens (tertiary/aromatic N) is 3. The Hall–Kier alpha value is -3.94. The zero-order valence-electron chi connectivity index (χ0n) is 17.8. The number of likely N-dealkylation sites (N-methyl/N-ethyl adjacent to an activating group) is 1. The minimum absolute atomic E-state index is 0.0419. The molecule has 1 aromatic heterocycles. The van der Waals surface area contributed by atoms with Gasteiger partial charge in [0.2, 0.25) is 0 Å². The molecule has 2 amide bonds. The second-order valence-electron chi connectivity index (χ2n) is 7.46. The van der Waals surface area contributed by atoms with Gasteiger partial charge in [0.1, 0.15) is 23.1 Å². The van der Waals surface area contributed by atoms with Gasteiger partial charge in [0.25, 0.3) is 11.8 Å². The maximum atomic E-state index is 14.5. The van der Waals surface area contributed by atoms with Crippen molar-refractivity contribution in [3.05, 3.63) is 101 Å². The van der Waals surface area contributed by atoms with Gasteiger partial charge in [-0.05, 0) is 60.9 Å². The van der Waals surface area contributed by atoms with E-state index < -0.39 is 29.3 Å². The van der Waals surface area contributed by atoms with Gasteiger partial charge in [-0.2, -0.15) is 0 Å². The highest BCUT2D eigenvalue weighted by Gasteiger charge is 2.43. The third-order valence-electron chi connectivity index (χ3n) is 5.46. The molecule has 3 aromatic rings. The molecule has 0 fully saturated rings. The predicted octanol–water partition coefficient (Wildman–Crippen LogP) is 4.35. The second kappa shape index (κ2) is 9.28. The Balaban J connectivity index is 1.78. The second-order valence-corrected chi connectivity index (χ2v) is 7.46. The summed E-state index contributed by atoms with van der Waals surface area (Å²) >= 11 is 0. The van der Waals surface area contributed by atoms with E-state index in [1.807, 2.05) is 19.1 Å². The Morgan fingerprint density at radius 3 is 2.18 bits per heavy atom. The van der Waals surface area contributed by atoms with Gasteiger partial charge in [-0.1, -0.05) is 12.1 Å². The van der Waals surface area contributed by atoms with Gasteiger partial charge >= 0.3 is 0 Å². The Morgan fingerprint density at radius 2 is 1.55 bits per heavy atom. The van der Waals surface area contributed by atoms with E-state index >= 15 is 0 Å². The molecule has 0 radical (unpaired) electrons. The zero-order valence-corrected chi connectivity index (χ0v) is 17.8. The van der Waals surface area contributed by atoms with Crippen LogP contribution < -0.4 is 4.90 Å². The molecule has 5 nitrogen and oxygen atoms in total. The van der Waals surface area contributed by atoms with Crippen LogP contribution >= 0.6 is 0 Å². The van der Waals surface area contributed by atoms with E-state index in [1.165, 1.54) is 24.3 Å². The van der Waals surface area contributed by atoms with Crippen molar-refractivity contribution in [3.8, 4) is 0 Å². The first kappa shape index (κ1) is 22.3. The summed E-state index contributed by atoms with van der Waals surface area (Å²) in [6.45, 7) is 2.63. The van der Waals surface area contributed by atoms with Crippen LogP contribution in [0.15, 0.2) is 72.7 Å². The molecular formula is C25H20F3N3O2. The highest BCUT2D eigenvalue weighted by Crippen LogP contribution is 2.36. The summed E-state index contributed by atoms with van der Waals surface area (Å²) in [4.78, 5) is 33.3. The SMILES string of the molecule is CCN(CCc1ccncc1)C1=C(c2ccc(F)cc2)C(=O)N(c2ccc(F)cc2F)C1=O. The number of benzene rings is 2. The van der Waals surface area contributed by atoms with Crippen molar-refractivity contribution in [1.82, 2.24) is 9.88 Å². The van der Waals surface area contributed by atoms with Crippen LogP contribution in [0.4, 0.5) is 18.9 Å². The molecule has 1 aliphatic heterocycles. The van der Waals surface area contributed by atoms with Crippen LogP contribution in [-0.4, -0.2) is 34.8 Å². The number of imide groups is 1. The van der Waals surface area contributed by atoms with Crippen LogP contribution in [0.25, 0.3) is 5.57 Å². The van der Waals surface area contributed by atoms with Crippen LogP contribution in [0, 0.1) is 17.5 Å². The van der Waals surface area contributed by atoms with Gasteiger partial charge in [-0.3, -0.25) is 14.6 Å². The highest BCUT2D eigenvalue weighted by molar-refractivity contribution is 6.45. The topological polar surface area (TPSA) is 53.5 Å². The largest absolute Gasteiger partial charge is 0.366 e. The molecule has 0 spiro atoms. The maximum Gasteiger partial charge on any atom is 0.282 e. The van der Waals surface area contributed by atoms with Crippen molar-refractivity contribution in [3.63, 3.8) is 0 Å². The highest BCUT2D eigenvalue weighted by atomic mass is 19.1. The molecule has 0 saturated carbocycles. The van der Waals surface area contributed by atoms with Crippen molar-refractivity contribution >= 4 is 23.1 Å². The summed E-state index contributed by atoms with van der Waals surface area (Å²) in [5.74, 6) is -3.83. The summed E-state index contributed by atoms with van der Waals surface area (Å²) in [7, 11) is 0. The third kappa shape index (κ3) is 4.37. The normalized spacial score (nSPS) is 13.8. The number of hydrogen-bond acceptors (Lipinski definition) is 4. The van der Waals surface area contributed by atoms with E-state index in [2.05, 4.69) is 4.98 Å². The molecule has 2 aromatic carbocycles. The van der Waals surface area contributed by atoms with Crippen LogP contribution in [0.5, 0.6) is 0 Å². The lowest BCUT2D eigenvalue weighted by Crippen LogP contribution is -2.36. The molecule has 1 aliphatic rings. The minimum atomic E-state index is -1.03. The van der Waals surface area contributed by atoms with Gasteiger partial charge in [0.15, 0.2) is 0 Å². The first-order valence-corrected chi connectivity index (χ1v) is 10.4. The average molecular weight is 451 g/mol. The van der Waals surface area contributed by atoms with Crippen molar-refractivity contribution in [2.45, 2.75) is 13.3 Å². The molecule has 0 atom stereocenters. The van der Waals surface area contributed by atoms with E-state index in [-0.39, 0.29) is 17.0 Å². The van der Waals surface area contributed by atoms with Crippen molar-refractivity contribution < 1.29 is 22.8 Å². The Kier molecular flexibility index (Phi) is 6.26.